The number of nitriles is 1. The number of rotatable bonds is 7. The Kier molecular flexibility index (Phi) is 5.40. The van der Waals surface area contributed by atoms with Gasteiger partial charge in [0.1, 0.15) is 17.6 Å². The van der Waals surface area contributed by atoms with Crippen molar-refractivity contribution in [3.63, 3.8) is 0 Å². The maximum atomic E-state index is 12.8. The summed E-state index contributed by atoms with van der Waals surface area (Å²) in [6, 6.07) is 16.6. The molecule has 0 fully saturated rings. The molecule has 0 amide bonds. The number of benzene rings is 2. The van der Waals surface area contributed by atoms with E-state index in [2.05, 4.69) is 11.1 Å². The first kappa shape index (κ1) is 21.2. The molecular weight excluding hydrogens is 436 g/mol. The first-order valence-electron chi connectivity index (χ1n) is 10.6. The lowest BCUT2D eigenvalue weighted by Crippen LogP contribution is -2.26. The van der Waals surface area contributed by atoms with Gasteiger partial charge in [-0.1, -0.05) is 30.3 Å². The molecule has 0 spiro atoms. The standard InChI is InChI=1S/C25H18N4O5/c26-10-5-11-28-12-18(16-6-1-3-8-19(16)28)20(30)14-33-22(31)13-29-15-27-23-17-7-2-4-9-21(17)34-24(23)25(29)32/h1-4,6-9,12,15H,5,11,13-14H2. The number of furan rings is 1. The van der Waals surface area contributed by atoms with Crippen LogP contribution in [-0.4, -0.2) is 32.5 Å². The third-order valence-electron chi connectivity index (χ3n) is 5.57. The quantitative estimate of drug-likeness (QED) is 0.273. The summed E-state index contributed by atoms with van der Waals surface area (Å²) in [5.74, 6) is -1.13. The van der Waals surface area contributed by atoms with Gasteiger partial charge in [-0.25, -0.2) is 4.98 Å². The van der Waals surface area contributed by atoms with Crippen LogP contribution < -0.4 is 5.56 Å². The lowest BCUT2D eigenvalue weighted by Gasteiger charge is -2.06. The zero-order chi connectivity index (χ0) is 23.7. The normalized spacial score (nSPS) is 11.1. The van der Waals surface area contributed by atoms with Crippen LogP contribution in [0.5, 0.6) is 0 Å². The maximum absolute atomic E-state index is 12.8. The molecule has 0 saturated heterocycles. The van der Waals surface area contributed by atoms with E-state index in [4.69, 9.17) is 14.4 Å². The SMILES string of the molecule is N#CCCn1cc(C(=O)COC(=O)Cn2cnc3c(oc4ccccc43)c2=O)c2ccccc21. The second-order valence-corrected chi connectivity index (χ2v) is 7.70. The van der Waals surface area contributed by atoms with Crippen molar-refractivity contribution in [3.05, 3.63) is 77.0 Å². The second kappa shape index (κ2) is 8.67. The summed E-state index contributed by atoms with van der Waals surface area (Å²) in [5.41, 5.74) is 1.73. The van der Waals surface area contributed by atoms with Gasteiger partial charge < -0.3 is 13.7 Å². The van der Waals surface area contributed by atoms with Gasteiger partial charge in [-0.05, 0) is 18.2 Å². The first-order chi connectivity index (χ1) is 16.6. The smallest absolute Gasteiger partial charge is 0.326 e. The molecule has 0 N–H and O–H groups in total. The van der Waals surface area contributed by atoms with Gasteiger partial charge >= 0.3 is 5.97 Å². The Morgan fingerprint density at radius 3 is 2.65 bits per heavy atom. The zero-order valence-electron chi connectivity index (χ0n) is 17.9. The van der Waals surface area contributed by atoms with Gasteiger partial charge in [0.15, 0.2) is 6.61 Å². The molecule has 0 aliphatic rings. The maximum Gasteiger partial charge on any atom is 0.326 e. The minimum absolute atomic E-state index is 0.0535. The van der Waals surface area contributed by atoms with Crippen molar-refractivity contribution in [2.75, 3.05) is 6.61 Å². The van der Waals surface area contributed by atoms with Crippen LogP contribution in [0.1, 0.15) is 16.8 Å². The molecule has 3 heterocycles. The van der Waals surface area contributed by atoms with Crippen LogP contribution in [0.4, 0.5) is 0 Å². The highest BCUT2D eigenvalue weighted by Crippen LogP contribution is 2.24. The number of nitrogens with zero attached hydrogens (tertiary/aromatic N) is 4. The Hall–Kier alpha value is -4.71. The fourth-order valence-electron chi connectivity index (χ4n) is 3.96. The van der Waals surface area contributed by atoms with Gasteiger partial charge in [0.2, 0.25) is 11.4 Å². The molecule has 9 heteroatoms. The van der Waals surface area contributed by atoms with Gasteiger partial charge in [-0.3, -0.25) is 19.0 Å². The van der Waals surface area contributed by atoms with E-state index in [0.717, 1.165) is 15.5 Å². The molecule has 5 aromatic rings. The van der Waals surface area contributed by atoms with E-state index in [1.165, 1.54) is 6.33 Å². The minimum atomic E-state index is -0.749. The highest BCUT2D eigenvalue weighted by Gasteiger charge is 2.18. The van der Waals surface area contributed by atoms with E-state index in [1.807, 2.05) is 28.8 Å². The molecule has 9 nitrogen and oxygen atoms in total. The Balaban J connectivity index is 1.31. The van der Waals surface area contributed by atoms with E-state index < -0.39 is 24.7 Å². The van der Waals surface area contributed by atoms with Crippen LogP contribution in [0.3, 0.4) is 0 Å². The van der Waals surface area contributed by atoms with Gasteiger partial charge in [-0.2, -0.15) is 5.26 Å². The Labute approximate surface area is 192 Å². The van der Waals surface area contributed by atoms with E-state index in [9.17, 15) is 14.4 Å². The van der Waals surface area contributed by atoms with E-state index in [1.54, 1.807) is 30.5 Å². The van der Waals surface area contributed by atoms with Crippen molar-refractivity contribution < 1.29 is 18.7 Å². The van der Waals surface area contributed by atoms with E-state index >= 15 is 0 Å². The first-order valence-corrected chi connectivity index (χ1v) is 10.6. The molecule has 34 heavy (non-hydrogen) atoms. The van der Waals surface area contributed by atoms with Crippen molar-refractivity contribution in [1.29, 1.82) is 5.26 Å². The monoisotopic (exact) mass is 454 g/mol. The number of carbonyl (C=O) groups excluding carboxylic acids is 2. The highest BCUT2D eigenvalue weighted by atomic mass is 16.5. The average molecular weight is 454 g/mol. The van der Waals surface area contributed by atoms with E-state index in [0.29, 0.717) is 35.0 Å². The number of Topliss-reactive ketones (excluding diaryl/α,β-unsaturated/α-hetero) is 1. The fraction of sp³-hybridized carbons (Fsp3) is 0.160. The molecule has 3 aromatic heterocycles. The van der Waals surface area contributed by atoms with Crippen molar-refractivity contribution in [2.45, 2.75) is 19.5 Å². The van der Waals surface area contributed by atoms with Gasteiger partial charge in [0.05, 0.1) is 18.8 Å². The molecule has 0 bridgehead atoms. The van der Waals surface area contributed by atoms with Crippen LogP contribution in [0.15, 0.2) is 70.3 Å². The van der Waals surface area contributed by atoms with Crippen molar-refractivity contribution in [1.82, 2.24) is 14.1 Å². The molecule has 0 aliphatic carbocycles. The Morgan fingerprint density at radius 1 is 1.06 bits per heavy atom. The number of ether oxygens (including phenoxy) is 1. The van der Waals surface area contributed by atoms with Crippen LogP contribution in [0.25, 0.3) is 33.0 Å². The van der Waals surface area contributed by atoms with Crippen molar-refractivity contribution in [3.8, 4) is 6.07 Å². The lowest BCUT2D eigenvalue weighted by molar-refractivity contribution is -0.143. The summed E-state index contributed by atoms with van der Waals surface area (Å²) in [7, 11) is 0. The number of hydrogen-bond acceptors (Lipinski definition) is 7. The Bertz CT molecular complexity index is 1670. The molecular formula is C25H18N4O5. The van der Waals surface area contributed by atoms with Gasteiger partial charge in [-0.15, -0.1) is 0 Å². The summed E-state index contributed by atoms with van der Waals surface area (Å²) in [6.07, 6.45) is 3.24. The third-order valence-corrected chi connectivity index (χ3v) is 5.57. The number of fused-ring (bicyclic) bond motifs is 4. The summed E-state index contributed by atoms with van der Waals surface area (Å²) in [4.78, 5) is 42.2. The molecule has 0 unspecified atom stereocenters. The van der Waals surface area contributed by atoms with Crippen LogP contribution in [0.2, 0.25) is 0 Å². The minimum Gasteiger partial charge on any atom is -0.456 e. The summed E-state index contributed by atoms with van der Waals surface area (Å²) >= 11 is 0. The summed E-state index contributed by atoms with van der Waals surface area (Å²) in [6.45, 7) is -0.430. The molecule has 2 aromatic carbocycles. The predicted molar refractivity (Wildman–Crippen MR) is 123 cm³/mol. The van der Waals surface area contributed by atoms with Crippen LogP contribution in [0, 0.1) is 11.3 Å². The van der Waals surface area contributed by atoms with E-state index in [-0.39, 0.29) is 11.4 Å². The number of esters is 1. The molecule has 5 rings (SSSR count). The largest absolute Gasteiger partial charge is 0.456 e. The average Bonchev–Trinajstić information content (AvgIpc) is 3.42. The number of hydrogen-bond donors (Lipinski definition) is 0. The summed E-state index contributed by atoms with van der Waals surface area (Å²) < 4.78 is 13.7. The number of aryl methyl sites for hydroxylation is 1. The molecule has 0 atom stereocenters. The van der Waals surface area contributed by atoms with Gasteiger partial charge in [0.25, 0.3) is 5.56 Å². The van der Waals surface area contributed by atoms with Gasteiger partial charge in [0, 0.05) is 34.6 Å². The fourth-order valence-corrected chi connectivity index (χ4v) is 3.96. The summed E-state index contributed by atoms with van der Waals surface area (Å²) in [5, 5.41) is 10.3. The number of aromatic nitrogens is 3. The number of ketones is 1. The van der Waals surface area contributed by atoms with Crippen LogP contribution in [-0.2, 0) is 22.6 Å². The molecule has 0 aliphatic heterocycles. The van der Waals surface area contributed by atoms with Crippen LogP contribution >= 0.6 is 0 Å². The van der Waals surface area contributed by atoms with Crippen molar-refractivity contribution in [2.24, 2.45) is 0 Å². The topological polar surface area (TPSA) is 120 Å². The van der Waals surface area contributed by atoms with Crippen molar-refractivity contribution >= 4 is 44.7 Å². The lowest BCUT2D eigenvalue weighted by atomic mass is 10.1. The number of carbonyl (C=O) groups is 2. The number of para-hydroxylation sites is 2. The highest BCUT2D eigenvalue weighted by molar-refractivity contribution is 6.09. The molecule has 0 radical (unpaired) electrons. The predicted octanol–water partition coefficient (Wildman–Crippen LogP) is 3.44. The second-order valence-electron chi connectivity index (χ2n) is 7.70. The zero-order valence-corrected chi connectivity index (χ0v) is 17.9. The molecule has 0 saturated carbocycles. The third kappa shape index (κ3) is 3.71. The Morgan fingerprint density at radius 2 is 1.82 bits per heavy atom. The molecule has 168 valence electrons.